The average molecular weight is 362 g/mol. The van der Waals surface area contributed by atoms with Gasteiger partial charge in [-0.2, -0.15) is 0 Å². The van der Waals surface area contributed by atoms with Crippen molar-refractivity contribution in [2.75, 3.05) is 0 Å². The summed E-state index contributed by atoms with van der Waals surface area (Å²) >= 11 is 3.44. The maximum atomic E-state index is 12.5. The standard InChI is InChI=1S/C15H12BrN3O3/c1-15(2)14(16)10(18-19-17)9-12(21)11(20)7-5-3-4-6-8(7)13(9)22-15/h3-6,10,14H,1-2H3/t10?,14-/m0/s1. The molecule has 0 N–H and O–H groups in total. The van der Waals surface area contributed by atoms with Gasteiger partial charge in [-0.15, -0.1) is 0 Å². The van der Waals surface area contributed by atoms with Crippen LogP contribution in [-0.4, -0.2) is 28.0 Å². The summed E-state index contributed by atoms with van der Waals surface area (Å²) in [7, 11) is 0. The third kappa shape index (κ3) is 1.97. The van der Waals surface area contributed by atoms with Crippen LogP contribution in [0.25, 0.3) is 16.2 Å². The van der Waals surface area contributed by atoms with E-state index in [0.717, 1.165) is 0 Å². The Morgan fingerprint density at radius 3 is 2.50 bits per heavy atom. The van der Waals surface area contributed by atoms with E-state index in [1.807, 2.05) is 13.8 Å². The molecular formula is C15H12BrN3O3. The van der Waals surface area contributed by atoms with Crippen LogP contribution < -0.4 is 0 Å². The van der Waals surface area contributed by atoms with Crippen molar-refractivity contribution in [1.29, 1.82) is 0 Å². The summed E-state index contributed by atoms with van der Waals surface area (Å²) in [6, 6.07) is 5.99. The smallest absolute Gasteiger partial charge is 0.234 e. The normalized spacial score (nSPS) is 25.8. The van der Waals surface area contributed by atoms with Crippen LogP contribution in [0.3, 0.4) is 0 Å². The van der Waals surface area contributed by atoms with Crippen molar-refractivity contribution in [3.05, 3.63) is 51.4 Å². The van der Waals surface area contributed by atoms with Gasteiger partial charge in [-0.25, -0.2) is 0 Å². The number of hydrogen-bond acceptors (Lipinski definition) is 4. The molecule has 2 atom stereocenters. The van der Waals surface area contributed by atoms with Crippen molar-refractivity contribution in [2.45, 2.75) is 30.3 Å². The molecule has 1 aromatic carbocycles. The molecule has 1 aliphatic carbocycles. The van der Waals surface area contributed by atoms with E-state index in [9.17, 15) is 9.59 Å². The quantitative estimate of drug-likeness (QED) is 0.252. The Morgan fingerprint density at radius 2 is 1.86 bits per heavy atom. The molecule has 1 aromatic rings. The first-order chi connectivity index (χ1) is 10.4. The molecule has 1 heterocycles. The average Bonchev–Trinajstić information content (AvgIpc) is 2.49. The number of alkyl halides is 1. The lowest BCUT2D eigenvalue weighted by Gasteiger charge is -2.42. The van der Waals surface area contributed by atoms with E-state index < -0.39 is 28.0 Å². The van der Waals surface area contributed by atoms with Crippen LogP contribution in [-0.2, 0) is 9.53 Å². The van der Waals surface area contributed by atoms with Gasteiger partial charge in [0.15, 0.2) is 0 Å². The van der Waals surface area contributed by atoms with Gasteiger partial charge in [-0.3, -0.25) is 9.59 Å². The third-order valence-corrected chi connectivity index (χ3v) is 5.49. The fourth-order valence-electron chi connectivity index (χ4n) is 2.77. The van der Waals surface area contributed by atoms with Gasteiger partial charge in [0.1, 0.15) is 11.4 Å². The fraction of sp³-hybridized carbons (Fsp3) is 0.333. The molecule has 0 spiro atoms. The topological polar surface area (TPSA) is 92.1 Å². The van der Waals surface area contributed by atoms with Crippen molar-refractivity contribution in [1.82, 2.24) is 0 Å². The molecule has 112 valence electrons. The van der Waals surface area contributed by atoms with Crippen molar-refractivity contribution < 1.29 is 14.3 Å². The van der Waals surface area contributed by atoms with Crippen LogP contribution in [0, 0.1) is 0 Å². The van der Waals surface area contributed by atoms with Gasteiger partial charge < -0.3 is 4.74 Å². The number of ether oxygens (including phenoxy) is 1. The molecule has 7 heteroatoms. The maximum Gasteiger partial charge on any atom is 0.234 e. The van der Waals surface area contributed by atoms with Crippen LogP contribution in [0.2, 0.25) is 0 Å². The zero-order chi connectivity index (χ0) is 16.1. The molecule has 0 fully saturated rings. The number of benzene rings is 1. The maximum absolute atomic E-state index is 12.5. The van der Waals surface area contributed by atoms with E-state index in [1.54, 1.807) is 24.3 Å². The molecular weight excluding hydrogens is 350 g/mol. The summed E-state index contributed by atoms with van der Waals surface area (Å²) in [4.78, 5) is 27.2. The van der Waals surface area contributed by atoms with Crippen LogP contribution in [0.15, 0.2) is 35.0 Å². The molecule has 2 aliphatic rings. The summed E-state index contributed by atoms with van der Waals surface area (Å²) < 4.78 is 5.99. The summed E-state index contributed by atoms with van der Waals surface area (Å²) in [6.07, 6.45) is 0. The molecule has 0 radical (unpaired) electrons. The predicted octanol–water partition coefficient (Wildman–Crippen LogP) is 3.41. The molecule has 0 bridgehead atoms. The lowest BCUT2D eigenvalue weighted by atomic mass is 9.80. The van der Waals surface area contributed by atoms with Gasteiger partial charge in [-0.05, 0) is 19.4 Å². The van der Waals surface area contributed by atoms with E-state index >= 15 is 0 Å². The zero-order valence-corrected chi connectivity index (χ0v) is 13.5. The lowest BCUT2D eigenvalue weighted by Crippen LogP contribution is -2.49. The second-order valence-corrected chi connectivity index (χ2v) is 6.69. The van der Waals surface area contributed by atoms with Gasteiger partial charge in [-0.1, -0.05) is 45.3 Å². The largest absolute Gasteiger partial charge is 0.486 e. The molecule has 3 rings (SSSR count). The number of nitrogens with zero attached hydrogens (tertiary/aromatic N) is 3. The minimum Gasteiger partial charge on any atom is -0.486 e. The van der Waals surface area contributed by atoms with Crippen LogP contribution in [0.4, 0.5) is 0 Å². The van der Waals surface area contributed by atoms with Crippen LogP contribution >= 0.6 is 15.9 Å². The van der Waals surface area contributed by atoms with Gasteiger partial charge in [0.2, 0.25) is 11.6 Å². The van der Waals surface area contributed by atoms with Gasteiger partial charge in [0.05, 0.1) is 16.4 Å². The van der Waals surface area contributed by atoms with Crippen LogP contribution in [0.5, 0.6) is 0 Å². The SMILES string of the molecule is CC1(C)OC2=C(C(=O)C(=O)c3ccccc32)C(N=[N+]=[N-])[C@@H]1Br. The number of carbonyl (C=O) groups excluding carboxylic acids is 2. The fourth-order valence-corrected chi connectivity index (χ4v) is 3.23. The van der Waals surface area contributed by atoms with Gasteiger partial charge in [0.25, 0.3) is 0 Å². The first-order valence-electron chi connectivity index (χ1n) is 6.68. The second-order valence-electron chi connectivity index (χ2n) is 5.70. The monoisotopic (exact) mass is 361 g/mol. The minimum absolute atomic E-state index is 0.128. The van der Waals surface area contributed by atoms with E-state index in [-0.39, 0.29) is 5.57 Å². The predicted molar refractivity (Wildman–Crippen MR) is 83.5 cm³/mol. The Bertz CT molecular complexity index is 778. The number of hydrogen-bond donors (Lipinski definition) is 0. The number of rotatable bonds is 1. The Kier molecular flexibility index (Phi) is 3.34. The zero-order valence-electron chi connectivity index (χ0n) is 11.9. The number of ketones is 2. The molecule has 6 nitrogen and oxygen atoms in total. The molecule has 0 saturated carbocycles. The molecule has 0 saturated heterocycles. The summed E-state index contributed by atoms with van der Waals surface area (Å²) in [6.45, 7) is 3.67. The summed E-state index contributed by atoms with van der Waals surface area (Å²) in [5.74, 6) is -0.945. The highest BCUT2D eigenvalue weighted by Gasteiger charge is 2.49. The highest BCUT2D eigenvalue weighted by Crippen LogP contribution is 2.45. The molecule has 1 aliphatic heterocycles. The number of halogens is 1. The highest BCUT2D eigenvalue weighted by molar-refractivity contribution is 9.09. The van der Waals surface area contributed by atoms with Crippen molar-refractivity contribution in [3.8, 4) is 0 Å². The number of Topliss-reactive ketones (excluding diaryl/α,β-unsaturated/α-hetero) is 2. The van der Waals surface area contributed by atoms with E-state index in [4.69, 9.17) is 10.3 Å². The number of carbonyl (C=O) groups is 2. The number of azide groups is 1. The first kappa shape index (κ1) is 14.8. The van der Waals surface area contributed by atoms with Crippen molar-refractivity contribution in [3.63, 3.8) is 0 Å². The third-order valence-electron chi connectivity index (χ3n) is 3.89. The molecule has 0 amide bonds. The summed E-state index contributed by atoms with van der Waals surface area (Å²) in [5.41, 5.74) is 9.12. The van der Waals surface area contributed by atoms with E-state index in [1.165, 1.54) is 0 Å². The Hall–Kier alpha value is -2.11. The first-order valence-corrected chi connectivity index (χ1v) is 7.60. The number of fused-ring (bicyclic) bond motifs is 2. The highest BCUT2D eigenvalue weighted by atomic mass is 79.9. The molecule has 22 heavy (non-hydrogen) atoms. The Labute approximate surface area is 134 Å². The second kappa shape index (κ2) is 4.97. The molecule has 1 unspecified atom stereocenters. The lowest BCUT2D eigenvalue weighted by molar-refractivity contribution is -0.112. The van der Waals surface area contributed by atoms with Gasteiger partial charge in [0, 0.05) is 16.0 Å². The summed E-state index contributed by atoms with van der Waals surface area (Å²) in [5, 5.41) is 3.73. The Balaban J connectivity index is 2.33. The van der Waals surface area contributed by atoms with E-state index in [0.29, 0.717) is 16.9 Å². The Morgan fingerprint density at radius 1 is 1.23 bits per heavy atom. The minimum atomic E-state index is -0.798. The molecule has 0 aromatic heterocycles. The van der Waals surface area contributed by atoms with Crippen molar-refractivity contribution >= 4 is 33.3 Å². The van der Waals surface area contributed by atoms with Crippen molar-refractivity contribution in [2.24, 2.45) is 5.11 Å². The van der Waals surface area contributed by atoms with E-state index in [2.05, 4.69) is 26.0 Å². The van der Waals surface area contributed by atoms with Gasteiger partial charge >= 0.3 is 0 Å². The van der Waals surface area contributed by atoms with Crippen LogP contribution in [0.1, 0.15) is 29.8 Å².